The topological polar surface area (TPSA) is 46.6 Å². The molecule has 4 heteroatoms. The fourth-order valence-corrected chi connectivity index (χ4v) is 2.57. The normalized spacial score (nSPS) is 18.4. The van der Waals surface area contributed by atoms with E-state index >= 15 is 0 Å². The van der Waals surface area contributed by atoms with Crippen LogP contribution in [0.2, 0.25) is 0 Å². The number of unbranched alkanes of at least 4 members (excludes halogenated alkanes) is 8. The van der Waals surface area contributed by atoms with Crippen LogP contribution < -0.4 is 0 Å². The summed E-state index contributed by atoms with van der Waals surface area (Å²) in [5.74, 6) is -0.0806. The van der Waals surface area contributed by atoms with Crippen molar-refractivity contribution in [2.24, 2.45) is 0 Å². The highest BCUT2D eigenvalue weighted by Gasteiger charge is 2.34. The van der Waals surface area contributed by atoms with Crippen LogP contribution in [0.25, 0.3) is 0 Å². The van der Waals surface area contributed by atoms with Crippen molar-refractivity contribution in [3.8, 4) is 0 Å². The lowest BCUT2D eigenvalue weighted by Crippen LogP contribution is -2.37. The molecule has 2 amide bonds. The van der Waals surface area contributed by atoms with Crippen molar-refractivity contribution in [2.45, 2.75) is 84.1 Å². The Morgan fingerprint density at radius 2 is 1.65 bits per heavy atom. The number of amides is 2. The van der Waals surface area contributed by atoms with E-state index in [2.05, 4.69) is 6.92 Å². The second kappa shape index (κ2) is 9.78. The Hall–Kier alpha value is -1.06. The van der Waals surface area contributed by atoms with Crippen molar-refractivity contribution in [3.63, 3.8) is 0 Å². The first-order valence-electron chi connectivity index (χ1n) is 8.15. The Labute approximate surface area is 122 Å². The number of carbonyl (C=O) groups is 2. The highest BCUT2D eigenvalue weighted by Crippen LogP contribution is 2.16. The maximum absolute atomic E-state index is 11.9. The molecule has 4 nitrogen and oxygen atoms in total. The fraction of sp³-hybridized carbons (Fsp3) is 0.875. The molecule has 1 atom stereocenters. The standard InChI is InChI=1S/C16H29NO3/c1-3-4-5-6-7-8-9-10-11-12-15(18)17-14(2)13-20-16(17)19/h14H,3-13H2,1-2H3. The van der Waals surface area contributed by atoms with Crippen LogP contribution >= 0.6 is 0 Å². The van der Waals surface area contributed by atoms with Gasteiger partial charge in [-0.05, 0) is 13.3 Å². The van der Waals surface area contributed by atoms with E-state index in [-0.39, 0.29) is 11.9 Å². The molecule has 0 aromatic carbocycles. The molecule has 0 radical (unpaired) electrons. The molecule has 1 aliphatic rings. The van der Waals surface area contributed by atoms with Crippen LogP contribution in [-0.4, -0.2) is 29.5 Å². The van der Waals surface area contributed by atoms with Crippen LogP contribution in [0.5, 0.6) is 0 Å². The fourth-order valence-electron chi connectivity index (χ4n) is 2.57. The molecule has 0 aromatic heterocycles. The minimum Gasteiger partial charge on any atom is -0.447 e. The van der Waals surface area contributed by atoms with E-state index in [1.54, 1.807) is 0 Å². The van der Waals surface area contributed by atoms with Crippen LogP contribution in [0.1, 0.15) is 78.1 Å². The lowest BCUT2D eigenvalue weighted by molar-refractivity contribution is -0.129. The molecular weight excluding hydrogens is 254 g/mol. The van der Waals surface area contributed by atoms with E-state index < -0.39 is 6.09 Å². The maximum Gasteiger partial charge on any atom is 0.416 e. The van der Waals surface area contributed by atoms with Crippen molar-refractivity contribution in [3.05, 3.63) is 0 Å². The van der Waals surface area contributed by atoms with Gasteiger partial charge in [-0.2, -0.15) is 0 Å². The summed E-state index contributed by atoms with van der Waals surface area (Å²) in [7, 11) is 0. The van der Waals surface area contributed by atoms with Crippen LogP contribution in [0.15, 0.2) is 0 Å². The molecule has 0 aliphatic carbocycles. The number of rotatable bonds is 10. The third kappa shape index (κ3) is 5.93. The maximum atomic E-state index is 11.9. The molecule has 20 heavy (non-hydrogen) atoms. The van der Waals surface area contributed by atoms with Gasteiger partial charge in [0.2, 0.25) is 5.91 Å². The summed E-state index contributed by atoms with van der Waals surface area (Å²) in [5.41, 5.74) is 0. The Morgan fingerprint density at radius 1 is 1.10 bits per heavy atom. The summed E-state index contributed by atoms with van der Waals surface area (Å²) >= 11 is 0. The Morgan fingerprint density at radius 3 is 2.15 bits per heavy atom. The van der Waals surface area contributed by atoms with Gasteiger partial charge >= 0.3 is 6.09 Å². The summed E-state index contributed by atoms with van der Waals surface area (Å²) in [6.07, 6.45) is 11.0. The van der Waals surface area contributed by atoms with Gasteiger partial charge in [0.1, 0.15) is 6.61 Å². The third-order valence-electron chi connectivity index (χ3n) is 3.85. The largest absolute Gasteiger partial charge is 0.447 e. The van der Waals surface area contributed by atoms with Gasteiger partial charge in [0.25, 0.3) is 0 Å². The van der Waals surface area contributed by atoms with Crippen molar-refractivity contribution in [2.75, 3.05) is 6.61 Å². The van der Waals surface area contributed by atoms with Gasteiger partial charge in [-0.3, -0.25) is 4.79 Å². The number of imide groups is 1. The average molecular weight is 283 g/mol. The minimum atomic E-state index is -0.474. The molecule has 0 bridgehead atoms. The Balaban J connectivity index is 1.98. The van der Waals surface area contributed by atoms with Crippen molar-refractivity contribution >= 4 is 12.0 Å². The van der Waals surface area contributed by atoms with Gasteiger partial charge in [0, 0.05) is 6.42 Å². The minimum absolute atomic E-state index is 0.0806. The molecule has 1 aliphatic heterocycles. The quantitative estimate of drug-likeness (QED) is 0.562. The summed E-state index contributed by atoms with van der Waals surface area (Å²) < 4.78 is 4.86. The molecular formula is C16H29NO3. The highest BCUT2D eigenvalue weighted by molar-refractivity contribution is 5.93. The number of nitrogens with zero attached hydrogens (tertiary/aromatic N) is 1. The van der Waals surface area contributed by atoms with E-state index in [1.165, 1.54) is 49.8 Å². The zero-order valence-corrected chi connectivity index (χ0v) is 13.0. The summed E-state index contributed by atoms with van der Waals surface area (Å²) in [5, 5.41) is 0. The lowest BCUT2D eigenvalue weighted by atomic mass is 10.1. The highest BCUT2D eigenvalue weighted by atomic mass is 16.6. The second-order valence-corrected chi connectivity index (χ2v) is 5.77. The van der Waals surface area contributed by atoms with E-state index in [1.807, 2.05) is 6.92 Å². The number of hydrogen-bond acceptors (Lipinski definition) is 3. The molecule has 0 spiro atoms. The van der Waals surface area contributed by atoms with Gasteiger partial charge in [-0.25, -0.2) is 9.69 Å². The van der Waals surface area contributed by atoms with Gasteiger partial charge in [-0.1, -0.05) is 58.3 Å². The Kier molecular flexibility index (Phi) is 8.31. The summed E-state index contributed by atoms with van der Waals surface area (Å²) in [4.78, 5) is 24.5. The predicted molar refractivity (Wildman–Crippen MR) is 79.5 cm³/mol. The van der Waals surface area contributed by atoms with Crippen LogP contribution in [0, 0.1) is 0 Å². The number of ether oxygens (including phenoxy) is 1. The Bertz CT molecular complexity index is 304. The summed E-state index contributed by atoms with van der Waals surface area (Å²) in [6.45, 7) is 4.41. The summed E-state index contributed by atoms with van der Waals surface area (Å²) in [6, 6.07) is -0.103. The van der Waals surface area contributed by atoms with Gasteiger partial charge in [-0.15, -0.1) is 0 Å². The van der Waals surface area contributed by atoms with E-state index in [0.717, 1.165) is 12.8 Å². The molecule has 1 saturated heterocycles. The van der Waals surface area contributed by atoms with Crippen molar-refractivity contribution < 1.29 is 14.3 Å². The lowest BCUT2D eigenvalue weighted by Gasteiger charge is -2.15. The first kappa shape index (κ1) is 17.0. The van der Waals surface area contributed by atoms with E-state index in [4.69, 9.17) is 4.74 Å². The van der Waals surface area contributed by atoms with Gasteiger partial charge in [0.05, 0.1) is 6.04 Å². The van der Waals surface area contributed by atoms with Crippen LogP contribution in [0.3, 0.4) is 0 Å². The number of cyclic esters (lactones) is 1. The molecule has 1 unspecified atom stereocenters. The zero-order chi connectivity index (χ0) is 14.8. The molecule has 1 fully saturated rings. The average Bonchev–Trinajstić information content (AvgIpc) is 2.76. The molecule has 116 valence electrons. The monoisotopic (exact) mass is 283 g/mol. The van der Waals surface area contributed by atoms with E-state index in [0.29, 0.717) is 13.0 Å². The smallest absolute Gasteiger partial charge is 0.416 e. The second-order valence-electron chi connectivity index (χ2n) is 5.77. The molecule has 0 saturated carbocycles. The molecule has 0 aromatic rings. The third-order valence-corrected chi connectivity index (χ3v) is 3.85. The number of hydrogen-bond donors (Lipinski definition) is 0. The molecule has 0 N–H and O–H groups in total. The SMILES string of the molecule is CCCCCCCCCCCC(=O)N1C(=O)OCC1C. The predicted octanol–water partition coefficient (Wildman–Crippen LogP) is 4.27. The number of carbonyl (C=O) groups excluding carboxylic acids is 2. The van der Waals surface area contributed by atoms with Gasteiger partial charge in [0.15, 0.2) is 0 Å². The molecule has 1 heterocycles. The van der Waals surface area contributed by atoms with Crippen LogP contribution in [-0.2, 0) is 9.53 Å². The molecule has 1 rings (SSSR count). The van der Waals surface area contributed by atoms with Crippen LogP contribution in [0.4, 0.5) is 4.79 Å². The van der Waals surface area contributed by atoms with Crippen molar-refractivity contribution in [1.29, 1.82) is 0 Å². The first-order valence-corrected chi connectivity index (χ1v) is 8.15. The van der Waals surface area contributed by atoms with Crippen molar-refractivity contribution in [1.82, 2.24) is 4.90 Å². The zero-order valence-electron chi connectivity index (χ0n) is 13.0. The van der Waals surface area contributed by atoms with Gasteiger partial charge < -0.3 is 4.74 Å². The van der Waals surface area contributed by atoms with E-state index in [9.17, 15) is 9.59 Å². The first-order chi connectivity index (χ1) is 9.66.